The van der Waals surface area contributed by atoms with Crippen molar-refractivity contribution in [2.24, 2.45) is 5.73 Å². The molecule has 13 heavy (non-hydrogen) atoms. The lowest BCUT2D eigenvalue weighted by molar-refractivity contribution is 0.621. The van der Waals surface area contributed by atoms with Crippen LogP contribution in [0.15, 0.2) is 18.2 Å². The largest absolute Gasteiger partial charge is 0.330 e. The summed E-state index contributed by atoms with van der Waals surface area (Å²) in [5.74, 6) is -0.317. The van der Waals surface area contributed by atoms with Crippen molar-refractivity contribution < 1.29 is 4.39 Å². The van der Waals surface area contributed by atoms with E-state index in [1.165, 1.54) is 6.07 Å². The quantitative estimate of drug-likeness (QED) is 0.750. The first-order valence-corrected chi connectivity index (χ1v) is 4.08. The normalized spacial score (nSPS) is 12.2. The summed E-state index contributed by atoms with van der Waals surface area (Å²) < 4.78 is 12.9. The molecule has 0 bridgehead atoms. The maximum absolute atomic E-state index is 12.9. The third-order valence-electron chi connectivity index (χ3n) is 2.03. The molecule has 1 aromatic carbocycles. The molecule has 0 aliphatic rings. The number of benzene rings is 1. The highest BCUT2D eigenvalue weighted by Crippen LogP contribution is 2.17. The molecule has 0 saturated carbocycles. The molecule has 0 fully saturated rings. The first-order chi connectivity index (χ1) is 6.19. The van der Waals surface area contributed by atoms with Gasteiger partial charge in [-0.2, -0.15) is 5.26 Å². The number of rotatable bonds is 2. The molecule has 1 aromatic rings. The molecule has 0 aliphatic carbocycles. The summed E-state index contributed by atoms with van der Waals surface area (Å²) in [5, 5.41) is 8.58. The molecule has 3 heteroatoms. The van der Waals surface area contributed by atoms with Crippen LogP contribution in [0.4, 0.5) is 4.39 Å². The molecule has 1 unspecified atom stereocenters. The van der Waals surface area contributed by atoms with Crippen molar-refractivity contribution in [3.63, 3.8) is 0 Å². The smallest absolute Gasteiger partial charge is 0.140 e. The van der Waals surface area contributed by atoms with Crippen LogP contribution < -0.4 is 5.73 Å². The minimum Gasteiger partial charge on any atom is -0.330 e. The molecule has 0 saturated heterocycles. The molecule has 0 heterocycles. The van der Waals surface area contributed by atoms with E-state index in [0.717, 1.165) is 5.56 Å². The van der Waals surface area contributed by atoms with Crippen LogP contribution in [-0.2, 0) is 0 Å². The van der Waals surface area contributed by atoms with Crippen molar-refractivity contribution in [1.29, 1.82) is 5.26 Å². The Morgan fingerprint density at radius 2 is 2.31 bits per heavy atom. The average Bonchev–Trinajstić information content (AvgIpc) is 2.17. The fraction of sp³-hybridized carbons (Fsp3) is 0.300. The number of hydrogen-bond donors (Lipinski definition) is 1. The van der Waals surface area contributed by atoms with E-state index in [1.54, 1.807) is 18.2 Å². The second-order valence-electron chi connectivity index (χ2n) is 2.99. The highest BCUT2D eigenvalue weighted by molar-refractivity contribution is 5.35. The third kappa shape index (κ3) is 2.04. The second-order valence-corrected chi connectivity index (χ2v) is 2.99. The Hall–Kier alpha value is -1.40. The van der Waals surface area contributed by atoms with E-state index in [4.69, 9.17) is 11.0 Å². The predicted molar refractivity (Wildman–Crippen MR) is 48.6 cm³/mol. The van der Waals surface area contributed by atoms with E-state index in [9.17, 15) is 4.39 Å². The fourth-order valence-electron chi connectivity index (χ4n) is 1.07. The Balaban J connectivity index is 3.08. The van der Waals surface area contributed by atoms with Crippen molar-refractivity contribution in [3.8, 4) is 6.07 Å². The summed E-state index contributed by atoms with van der Waals surface area (Å²) in [5.41, 5.74) is 6.44. The average molecular weight is 178 g/mol. The highest BCUT2D eigenvalue weighted by Gasteiger charge is 2.07. The van der Waals surface area contributed by atoms with Gasteiger partial charge in [-0.25, -0.2) is 4.39 Å². The van der Waals surface area contributed by atoms with Crippen LogP contribution in [0.2, 0.25) is 0 Å². The summed E-state index contributed by atoms with van der Waals surface area (Å²) in [6.07, 6.45) is 0. The highest BCUT2D eigenvalue weighted by atomic mass is 19.1. The Morgan fingerprint density at radius 1 is 1.62 bits per heavy atom. The Morgan fingerprint density at radius 3 is 2.85 bits per heavy atom. The molecule has 0 aliphatic heterocycles. The number of nitrogens with two attached hydrogens (primary N) is 1. The molecule has 0 amide bonds. The van der Waals surface area contributed by atoms with E-state index in [2.05, 4.69) is 0 Å². The zero-order chi connectivity index (χ0) is 9.84. The summed E-state index contributed by atoms with van der Waals surface area (Å²) in [6.45, 7) is 2.44. The van der Waals surface area contributed by atoms with E-state index >= 15 is 0 Å². The number of hydrogen-bond acceptors (Lipinski definition) is 2. The molecule has 1 atom stereocenters. The van der Waals surface area contributed by atoms with Gasteiger partial charge in [-0.1, -0.05) is 13.0 Å². The van der Waals surface area contributed by atoms with Gasteiger partial charge in [0.05, 0.1) is 5.56 Å². The lowest BCUT2D eigenvalue weighted by Gasteiger charge is -2.08. The number of nitrogens with zero attached hydrogens (tertiary/aromatic N) is 1. The Labute approximate surface area is 76.8 Å². The van der Waals surface area contributed by atoms with Gasteiger partial charge < -0.3 is 5.73 Å². The van der Waals surface area contributed by atoms with Crippen molar-refractivity contribution in [1.82, 2.24) is 0 Å². The zero-order valence-electron chi connectivity index (χ0n) is 7.42. The van der Waals surface area contributed by atoms with Crippen LogP contribution in [0.3, 0.4) is 0 Å². The monoisotopic (exact) mass is 178 g/mol. The molecule has 0 radical (unpaired) electrons. The van der Waals surface area contributed by atoms with Gasteiger partial charge in [0.2, 0.25) is 0 Å². The number of halogens is 1. The van der Waals surface area contributed by atoms with E-state index in [0.29, 0.717) is 6.54 Å². The van der Waals surface area contributed by atoms with Gasteiger partial charge in [-0.05, 0) is 30.2 Å². The predicted octanol–water partition coefficient (Wildman–Crippen LogP) is 1.76. The van der Waals surface area contributed by atoms with Crippen LogP contribution in [0.5, 0.6) is 0 Å². The van der Waals surface area contributed by atoms with Crippen LogP contribution in [0.25, 0.3) is 0 Å². The van der Waals surface area contributed by atoms with Crippen molar-refractivity contribution in [2.75, 3.05) is 6.54 Å². The van der Waals surface area contributed by atoms with Gasteiger partial charge in [-0.15, -0.1) is 0 Å². The van der Waals surface area contributed by atoms with E-state index in [-0.39, 0.29) is 11.5 Å². The van der Waals surface area contributed by atoms with Crippen LogP contribution >= 0.6 is 0 Å². The second kappa shape index (κ2) is 4.01. The Kier molecular flexibility index (Phi) is 2.99. The molecular weight excluding hydrogens is 167 g/mol. The standard InChI is InChI=1S/C10H11FN2/c1-7(5-12)8-2-3-10(11)9(4-8)6-13/h2-4,7H,5,12H2,1H3. The molecule has 0 spiro atoms. The minimum atomic E-state index is -0.476. The molecule has 2 N–H and O–H groups in total. The summed E-state index contributed by atoms with van der Waals surface area (Å²) >= 11 is 0. The summed E-state index contributed by atoms with van der Waals surface area (Å²) in [7, 11) is 0. The third-order valence-corrected chi connectivity index (χ3v) is 2.03. The number of nitriles is 1. The van der Waals surface area contributed by atoms with Crippen LogP contribution in [0, 0.1) is 17.1 Å². The van der Waals surface area contributed by atoms with E-state index < -0.39 is 5.82 Å². The maximum atomic E-state index is 12.9. The lowest BCUT2D eigenvalue weighted by Crippen LogP contribution is -2.09. The maximum Gasteiger partial charge on any atom is 0.140 e. The first kappa shape index (κ1) is 9.69. The molecule has 0 aromatic heterocycles. The Bertz CT molecular complexity index is 341. The zero-order valence-corrected chi connectivity index (χ0v) is 7.42. The van der Waals surface area contributed by atoms with Gasteiger partial charge in [0.25, 0.3) is 0 Å². The minimum absolute atomic E-state index is 0.0813. The topological polar surface area (TPSA) is 49.8 Å². The van der Waals surface area contributed by atoms with Crippen LogP contribution in [-0.4, -0.2) is 6.54 Å². The van der Waals surface area contributed by atoms with Gasteiger partial charge in [0.15, 0.2) is 0 Å². The summed E-state index contributed by atoms with van der Waals surface area (Å²) in [6, 6.07) is 6.31. The van der Waals surface area contributed by atoms with Gasteiger partial charge in [-0.3, -0.25) is 0 Å². The van der Waals surface area contributed by atoms with Gasteiger partial charge in [0.1, 0.15) is 11.9 Å². The van der Waals surface area contributed by atoms with Crippen molar-refractivity contribution >= 4 is 0 Å². The molecule has 68 valence electrons. The fourth-order valence-corrected chi connectivity index (χ4v) is 1.07. The molecule has 1 rings (SSSR count). The summed E-state index contributed by atoms with van der Waals surface area (Å²) in [4.78, 5) is 0. The molecular formula is C10H11FN2. The van der Waals surface area contributed by atoms with Gasteiger partial charge in [0, 0.05) is 0 Å². The first-order valence-electron chi connectivity index (χ1n) is 4.08. The lowest BCUT2D eigenvalue weighted by atomic mass is 9.99. The van der Waals surface area contributed by atoms with Gasteiger partial charge >= 0.3 is 0 Å². The van der Waals surface area contributed by atoms with Crippen LogP contribution in [0.1, 0.15) is 24.0 Å². The SMILES string of the molecule is CC(CN)c1ccc(F)c(C#N)c1. The van der Waals surface area contributed by atoms with Crippen molar-refractivity contribution in [2.45, 2.75) is 12.8 Å². The van der Waals surface area contributed by atoms with E-state index in [1.807, 2.05) is 6.92 Å². The molecule has 2 nitrogen and oxygen atoms in total. The van der Waals surface area contributed by atoms with Crippen molar-refractivity contribution in [3.05, 3.63) is 35.1 Å².